The van der Waals surface area contributed by atoms with E-state index < -0.39 is 12.0 Å². The van der Waals surface area contributed by atoms with E-state index in [9.17, 15) is 14.7 Å². The molecule has 1 aliphatic heterocycles. The van der Waals surface area contributed by atoms with Crippen LogP contribution in [-0.4, -0.2) is 46.3 Å². The van der Waals surface area contributed by atoms with Crippen LogP contribution >= 0.6 is 23.2 Å². The lowest BCUT2D eigenvalue weighted by atomic mass is 10.2. The molecular formula is C13H14Cl2N2O4. The number of hydrogen-bond acceptors (Lipinski definition) is 3. The van der Waals surface area contributed by atoms with Crippen LogP contribution in [-0.2, 0) is 0 Å². The van der Waals surface area contributed by atoms with Crippen molar-refractivity contribution in [1.29, 1.82) is 0 Å². The second kappa shape index (κ2) is 6.51. The zero-order chi connectivity index (χ0) is 15.6. The number of likely N-dealkylation sites (tertiary alicyclic amines) is 1. The molecule has 0 bridgehead atoms. The fourth-order valence-corrected chi connectivity index (χ4v) is 2.87. The average Bonchev–Trinajstić information content (AvgIpc) is 2.90. The Morgan fingerprint density at radius 2 is 1.95 bits per heavy atom. The number of halogens is 2. The lowest BCUT2D eigenvalue weighted by Gasteiger charge is -2.24. The van der Waals surface area contributed by atoms with Crippen LogP contribution in [0.1, 0.15) is 23.2 Å². The molecule has 1 aliphatic rings. The second-order valence-electron chi connectivity index (χ2n) is 4.72. The molecule has 1 saturated heterocycles. The number of nitrogens with one attached hydrogen (secondary N) is 1. The number of nitrogens with zero attached hydrogens (tertiary/aromatic N) is 1. The number of carboxylic acids is 1. The van der Waals surface area contributed by atoms with Crippen molar-refractivity contribution in [3.63, 3.8) is 0 Å². The summed E-state index contributed by atoms with van der Waals surface area (Å²) in [5.74, 6) is -1.16. The Morgan fingerprint density at radius 3 is 2.48 bits per heavy atom. The number of carbonyl (C=O) groups is 2. The maximum absolute atomic E-state index is 12.2. The molecule has 0 aromatic heterocycles. The topological polar surface area (TPSA) is 89.9 Å². The van der Waals surface area contributed by atoms with Gasteiger partial charge in [-0.25, -0.2) is 9.59 Å². The fourth-order valence-electron chi connectivity index (χ4n) is 2.29. The van der Waals surface area contributed by atoms with Gasteiger partial charge in [0.05, 0.1) is 33.9 Å². The van der Waals surface area contributed by atoms with Gasteiger partial charge in [-0.3, -0.25) is 0 Å². The number of aliphatic hydroxyl groups excluding tert-OH is 1. The first-order valence-electron chi connectivity index (χ1n) is 6.35. The van der Waals surface area contributed by atoms with E-state index in [0.29, 0.717) is 6.54 Å². The van der Waals surface area contributed by atoms with E-state index in [1.807, 2.05) is 0 Å². The number of aliphatic hydroxyl groups is 1. The second-order valence-corrected chi connectivity index (χ2v) is 5.54. The van der Waals surface area contributed by atoms with Gasteiger partial charge in [0.1, 0.15) is 0 Å². The highest BCUT2D eigenvalue weighted by Gasteiger charge is 2.28. The van der Waals surface area contributed by atoms with Crippen molar-refractivity contribution in [2.24, 2.45) is 0 Å². The van der Waals surface area contributed by atoms with Crippen LogP contribution in [0.4, 0.5) is 10.5 Å². The number of amides is 2. The molecule has 0 saturated carbocycles. The maximum Gasteiger partial charge on any atom is 0.335 e. The first-order valence-corrected chi connectivity index (χ1v) is 7.10. The van der Waals surface area contributed by atoms with Crippen LogP contribution in [0.25, 0.3) is 0 Å². The van der Waals surface area contributed by atoms with Gasteiger partial charge >= 0.3 is 12.0 Å². The van der Waals surface area contributed by atoms with Crippen molar-refractivity contribution < 1.29 is 19.8 Å². The van der Waals surface area contributed by atoms with Crippen LogP contribution in [0.15, 0.2) is 12.1 Å². The fraction of sp³-hybridized carbons (Fsp3) is 0.385. The Balaban J connectivity index is 2.20. The third kappa shape index (κ3) is 3.40. The van der Waals surface area contributed by atoms with Gasteiger partial charge < -0.3 is 20.4 Å². The smallest absolute Gasteiger partial charge is 0.335 e. The van der Waals surface area contributed by atoms with E-state index in [4.69, 9.17) is 28.3 Å². The molecule has 2 rings (SSSR count). The van der Waals surface area contributed by atoms with Gasteiger partial charge in [0.25, 0.3) is 0 Å². The minimum absolute atomic E-state index is 0.0491. The average molecular weight is 333 g/mol. The Kier molecular flexibility index (Phi) is 4.92. The Hall–Kier alpha value is -1.50. The van der Waals surface area contributed by atoms with Gasteiger partial charge in [0.15, 0.2) is 0 Å². The molecule has 1 atom stereocenters. The molecule has 3 N–H and O–H groups in total. The van der Waals surface area contributed by atoms with E-state index in [2.05, 4.69) is 5.32 Å². The highest BCUT2D eigenvalue weighted by atomic mass is 35.5. The van der Waals surface area contributed by atoms with Crippen LogP contribution in [0, 0.1) is 0 Å². The molecule has 1 fully saturated rings. The molecule has 8 heteroatoms. The number of urea groups is 1. The molecule has 1 aromatic carbocycles. The normalized spacial score (nSPS) is 17.9. The Morgan fingerprint density at radius 1 is 1.33 bits per heavy atom. The van der Waals surface area contributed by atoms with E-state index in [1.165, 1.54) is 17.0 Å². The predicted octanol–water partition coefficient (Wildman–Crippen LogP) is 2.68. The summed E-state index contributed by atoms with van der Waals surface area (Å²) in [6.07, 6.45) is 1.56. The summed E-state index contributed by atoms with van der Waals surface area (Å²) in [4.78, 5) is 24.6. The van der Waals surface area contributed by atoms with Crippen molar-refractivity contribution in [1.82, 2.24) is 4.90 Å². The number of hydrogen-bond donors (Lipinski definition) is 3. The number of benzene rings is 1. The molecule has 21 heavy (non-hydrogen) atoms. The summed E-state index contributed by atoms with van der Waals surface area (Å²) in [6, 6.07) is 1.80. The quantitative estimate of drug-likeness (QED) is 0.793. The minimum Gasteiger partial charge on any atom is -0.478 e. The summed E-state index contributed by atoms with van der Waals surface area (Å²) < 4.78 is 0. The van der Waals surface area contributed by atoms with Crippen LogP contribution < -0.4 is 5.32 Å². The van der Waals surface area contributed by atoms with Gasteiger partial charge in [-0.05, 0) is 25.0 Å². The van der Waals surface area contributed by atoms with E-state index in [0.717, 1.165) is 12.8 Å². The standard InChI is InChI=1S/C13H14Cl2N2O4/c14-9-4-7(12(19)20)5-10(15)11(9)16-13(21)17-3-1-2-8(17)6-18/h4-5,8,18H,1-3,6H2,(H,16,21)(H,19,20). The molecular weight excluding hydrogens is 319 g/mol. The van der Waals surface area contributed by atoms with Crippen LogP contribution in [0.5, 0.6) is 0 Å². The summed E-state index contributed by atoms with van der Waals surface area (Å²) in [5, 5.41) is 20.8. The third-order valence-electron chi connectivity index (χ3n) is 3.37. The Bertz CT molecular complexity index is 556. The number of carbonyl (C=O) groups excluding carboxylic acids is 1. The van der Waals surface area contributed by atoms with Crippen molar-refractivity contribution in [3.05, 3.63) is 27.7 Å². The first kappa shape index (κ1) is 15.9. The molecule has 0 radical (unpaired) electrons. The summed E-state index contributed by atoms with van der Waals surface area (Å²) >= 11 is 11.9. The molecule has 0 aliphatic carbocycles. The summed E-state index contributed by atoms with van der Waals surface area (Å²) in [7, 11) is 0. The molecule has 114 valence electrons. The zero-order valence-electron chi connectivity index (χ0n) is 11.0. The highest BCUT2D eigenvalue weighted by Crippen LogP contribution is 2.32. The highest BCUT2D eigenvalue weighted by molar-refractivity contribution is 6.40. The van der Waals surface area contributed by atoms with Gasteiger partial charge in [-0.1, -0.05) is 23.2 Å². The Labute approximate surface area is 131 Å². The maximum atomic E-state index is 12.2. The van der Waals surface area contributed by atoms with Gasteiger partial charge in [0, 0.05) is 6.54 Å². The number of aromatic carboxylic acids is 1. The minimum atomic E-state index is -1.16. The number of anilines is 1. The van der Waals surface area contributed by atoms with Crippen molar-refractivity contribution in [3.8, 4) is 0 Å². The number of carboxylic acid groups (broad SMARTS) is 1. The lowest BCUT2D eigenvalue weighted by molar-refractivity contribution is 0.0697. The first-order chi connectivity index (χ1) is 9.93. The molecule has 2 amide bonds. The van der Waals surface area contributed by atoms with Crippen molar-refractivity contribution in [2.45, 2.75) is 18.9 Å². The van der Waals surface area contributed by atoms with E-state index >= 15 is 0 Å². The molecule has 1 heterocycles. The van der Waals surface area contributed by atoms with Gasteiger partial charge in [-0.2, -0.15) is 0 Å². The third-order valence-corrected chi connectivity index (χ3v) is 3.97. The molecule has 0 spiro atoms. The largest absolute Gasteiger partial charge is 0.478 e. The van der Waals surface area contributed by atoms with E-state index in [1.54, 1.807) is 0 Å². The van der Waals surface area contributed by atoms with Crippen LogP contribution in [0.2, 0.25) is 10.0 Å². The monoisotopic (exact) mass is 332 g/mol. The van der Waals surface area contributed by atoms with Crippen LogP contribution in [0.3, 0.4) is 0 Å². The SMILES string of the molecule is O=C(O)c1cc(Cl)c(NC(=O)N2CCCC2CO)c(Cl)c1. The number of rotatable bonds is 3. The van der Waals surface area contributed by atoms with Gasteiger partial charge in [-0.15, -0.1) is 0 Å². The van der Waals surface area contributed by atoms with Crippen molar-refractivity contribution >= 4 is 40.9 Å². The molecule has 1 unspecified atom stereocenters. The lowest BCUT2D eigenvalue weighted by Crippen LogP contribution is -2.40. The summed E-state index contributed by atoms with van der Waals surface area (Å²) in [6.45, 7) is 0.437. The molecule has 6 nitrogen and oxygen atoms in total. The van der Waals surface area contributed by atoms with E-state index in [-0.39, 0.29) is 33.9 Å². The van der Waals surface area contributed by atoms with Crippen molar-refractivity contribution in [2.75, 3.05) is 18.5 Å². The predicted molar refractivity (Wildman–Crippen MR) is 79.3 cm³/mol. The molecule has 1 aromatic rings. The summed E-state index contributed by atoms with van der Waals surface area (Å²) in [5.41, 5.74) is 0.106. The zero-order valence-corrected chi connectivity index (χ0v) is 12.5. The van der Waals surface area contributed by atoms with Gasteiger partial charge in [0.2, 0.25) is 0 Å².